The van der Waals surface area contributed by atoms with E-state index in [-0.39, 0.29) is 5.91 Å². The van der Waals surface area contributed by atoms with Crippen LogP contribution in [-0.4, -0.2) is 20.1 Å². The van der Waals surface area contributed by atoms with Crippen LogP contribution >= 0.6 is 27.3 Å². The molecule has 0 atom stereocenters. The summed E-state index contributed by atoms with van der Waals surface area (Å²) in [5.74, 6) is 1.42. The Morgan fingerprint density at radius 1 is 1.17 bits per heavy atom. The van der Waals surface area contributed by atoms with E-state index in [0.717, 1.165) is 22.2 Å². The second-order valence-corrected chi connectivity index (χ2v) is 7.57. The Labute approximate surface area is 148 Å². The van der Waals surface area contributed by atoms with Crippen molar-refractivity contribution in [3.8, 4) is 11.5 Å². The first-order valence-electron chi connectivity index (χ1n) is 7.34. The summed E-state index contributed by atoms with van der Waals surface area (Å²) in [5.41, 5.74) is 0.984. The molecule has 0 radical (unpaired) electrons. The average Bonchev–Trinajstić information content (AvgIpc) is 2.98. The van der Waals surface area contributed by atoms with Gasteiger partial charge in [-0.2, -0.15) is 0 Å². The SMILES string of the molecule is COc1ccc(CNC(=O)CCCc2ccc(Br)s2)cc1OC. The van der Waals surface area contributed by atoms with Crippen LogP contribution in [0.4, 0.5) is 0 Å². The smallest absolute Gasteiger partial charge is 0.220 e. The minimum Gasteiger partial charge on any atom is -0.493 e. The van der Waals surface area contributed by atoms with Crippen LogP contribution in [0.25, 0.3) is 0 Å². The molecule has 23 heavy (non-hydrogen) atoms. The van der Waals surface area contributed by atoms with Crippen molar-refractivity contribution in [2.24, 2.45) is 0 Å². The molecular weight excluding hydrogens is 378 g/mol. The van der Waals surface area contributed by atoms with Crippen molar-refractivity contribution in [2.45, 2.75) is 25.8 Å². The number of thiophene rings is 1. The molecular formula is C17H20BrNO3S. The van der Waals surface area contributed by atoms with Crippen LogP contribution in [0.2, 0.25) is 0 Å². The third kappa shape index (κ3) is 5.55. The van der Waals surface area contributed by atoms with E-state index in [2.05, 4.69) is 27.3 Å². The highest BCUT2D eigenvalue weighted by Crippen LogP contribution is 2.27. The number of ether oxygens (including phenoxy) is 2. The Bertz CT molecular complexity index is 657. The number of aryl methyl sites for hydroxylation is 1. The summed E-state index contributed by atoms with van der Waals surface area (Å²) < 4.78 is 11.6. The second-order valence-electron chi connectivity index (χ2n) is 5.03. The number of methoxy groups -OCH3 is 2. The van der Waals surface area contributed by atoms with Crippen molar-refractivity contribution in [2.75, 3.05) is 14.2 Å². The van der Waals surface area contributed by atoms with E-state index in [1.165, 1.54) is 4.88 Å². The van der Waals surface area contributed by atoms with Crippen LogP contribution in [0.1, 0.15) is 23.3 Å². The van der Waals surface area contributed by atoms with Gasteiger partial charge in [0.1, 0.15) is 0 Å². The van der Waals surface area contributed by atoms with Crippen molar-refractivity contribution < 1.29 is 14.3 Å². The van der Waals surface area contributed by atoms with E-state index in [1.807, 2.05) is 24.3 Å². The standard InChI is InChI=1S/C17H20BrNO3S/c1-21-14-8-6-12(10-15(14)22-2)11-19-17(20)5-3-4-13-7-9-16(18)23-13/h6-10H,3-5,11H2,1-2H3,(H,19,20). The highest BCUT2D eigenvalue weighted by molar-refractivity contribution is 9.11. The molecule has 1 aromatic heterocycles. The van der Waals surface area contributed by atoms with Gasteiger partial charge in [-0.3, -0.25) is 4.79 Å². The zero-order valence-corrected chi connectivity index (χ0v) is 15.6. The molecule has 0 bridgehead atoms. The number of benzene rings is 1. The quantitative estimate of drug-likeness (QED) is 0.726. The van der Waals surface area contributed by atoms with Crippen molar-refractivity contribution in [1.82, 2.24) is 5.32 Å². The Morgan fingerprint density at radius 2 is 1.96 bits per heavy atom. The summed E-state index contributed by atoms with van der Waals surface area (Å²) in [6.07, 6.45) is 2.31. The van der Waals surface area contributed by atoms with Crippen LogP contribution in [0.5, 0.6) is 11.5 Å². The molecule has 0 aliphatic carbocycles. The molecule has 0 saturated carbocycles. The maximum atomic E-state index is 11.9. The fourth-order valence-electron chi connectivity index (χ4n) is 2.19. The van der Waals surface area contributed by atoms with Crippen molar-refractivity contribution in [1.29, 1.82) is 0 Å². The zero-order chi connectivity index (χ0) is 16.7. The van der Waals surface area contributed by atoms with Gasteiger partial charge in [0.05, 0.1) is 18.0 Å². The molecule has 2 aromatic rings. The van der Waals surface area contributed by atoms with Crippen LogP contribution in [0.3, 0.4) is 0 Å². The number of nitrogens with one attached hydrogen (secondary N) is 1. The van der Waals surface area contributed by atoms with Crippen LogP contribution in [0.15, 0.2) is 34.1 Å². The van der Waals surface area contributed by atoms with E-state index in [0.29, 0.717) is 24.5 Å². The van der Waals surface area contributed by atoms with Gasteiger partial charge in [0, 0.05) is 17.8 Å². The van der Waals surface area contributed by atoms with Gasteiger partial charge in [-0.05, 0) is 58.6 Å². The minimum absolute atomic E-state index is 0.0652. The third-order valence-corrected chi connectivity index (χ3v) is 5.08. The molecule has 0 spiro atoms. The molecule has 0 aliphatic heterocycles. The number of carbonyl (C=O) groups is 1. The lowest BCUT2D eigenvalue weighted by molar-refractivity contribution is -0.121. The second kappa shape index (κ2) is 8.93. The number of hydrogen-bond donors (Lipinski definition) is 1. The lowest BCUT2D eigenvalue weighted by atomic mass is 10.2. The molecule has 0 saturated heterocycles. The predicted molar refractivity (Wildman–Crippen MR) is 96.3 cm³/mol. The summed E-state index contributed by atoms with van der Waals surface area (Å²) >= 11 is 5.16. The summed E-state index contributed by atoms with van der Waals surface area (Å²) in [5, 5.41) is 2.94. The Hall–Kier alpha value is -1.53. The fourth-order valence-corrected chi connectivity index (χ4v) is 3.71. The van der Waals surface area contributed by atoms with Gasteiger partial charge in [0.25, 0.3) is 0 Å². The van der Waals surface area contributed by atoms with Crippen molar-refractivity contribution in [3.63, 3.8) is 0 Å². The largest absolute Gasteiger partial charge is 0.493 e. The summed E-state index contributed by atoms with van der Waals surface area (Å²) in [6, 6.07) is 9.77. The Balaban J connectivity index is 1.75. The maximum absolute atomic E-state index is 11.9. The van der Waals surface area contributed by atoms with Gasteiger partial charge >= 0.3 is 0 Å². The normalized spacial score (nSPS) is 10.4. The first kappa shape index (κ1) is 17.8. The van der Waals surface area contributed by atoms with Gasteiger partial charge in [-0.15, -0.1) is 11.3 Å². The third-order valence-electron chi connectivity index (χ3n) is 3.39. The van der Waals surface area contributed by atoms with E-state index >= 15 is 0 Å². The summed E-state index contributed by atoms with van der Waals surface area (Å²) in [7, 11) is 3.20. The molecule has 0 unspecified atom stereocenters. The fraction of sp³-hybridized carbons (Fsp3) is 0.353. The molecule has 2 rings (SSSR count). The Morgan fingerprint density at radius 3 is 2.61 bits per heavy atom. The minimum atomic E-state index is 0.0652. The highest BCUT2D eigenvalue weighted by Gasteiger charge is 2.07. The van der Waals surface area contributed by atoms with Gasteiger partial charge in [-0.1, -0.05) is 6.07 Å². The van der Waals surface area contributed by atoms with Crippen LogP contribution in [-0.2, 0) is 17.8 Å². The maximum Gasteiger partial charge on any atom is 0.220 e. The predicted octanol–water partition coefficient (Wildman–Crippen LogP) is 4.17. The molecule has 4 nitrogen and oxygen atoms in total. The zero-order valence-electron chi connectivity index (χ0n) is 13.2. The number of hydrogen-bond acceptors (Lipinski definition) is 4. The van der Waals surface area contributed by atoms with E-state index in [1.54, 1.807) is 25.6 Å². The molecule has 1 N–H and O–H groups in total. The van der Waals surface area contributed by atoms with E-state index in [4.69, 9.17) is 9.47 Å². The van der Waals surface area contributed by atoms with Gasteiger partial charge in [0.15, 0.2) is 11.5 Å². The Kier molecular flexibility index (Phi) is 6.92. The lowest BCUT2D eigenvalue weighted by Gasteiger charge is -2.10. The van der Waals surface area contributed by atoms with Crippen molar-refractivity contribution in [3.05, 3.63) is 44.6 Å². The summed E-state index contributed by atoms with van der Waals surface area (Å²) in [4.78, 5) is 13.2. The van der Waals surface area contributed by atoms with Crippen LogP contribution < -0.4 is 14.8 Å². The molecule has 1 heterocycles. The van der Waals surface area contributed by atoms with Crippen LogP contribution in [0, 0.1) is 0 Å². The molecule has 1 aromatic carbocycles. The lowest BCUT2D eigenvalue weighted by Crippen LogP contribution is -2.22. The average molecular weight is 398 g/mol. The monoisotopic (exact) mass is 397 g/mol. The topological polar surface area (TPSA) is 47.6 Å². The van der Waals surface area contributed by atoms with Crippen molar-refractivity contribution >= 4 is 33.2 Å². The molecule has 0 aliphatic rings. The molecule has 0 fully saturated rings. The van der Waals surface area contributed by atoms with E-state index < -0.39 is 0 Å². The molecule has 1 amide bonds. The number of carbonyl (C=O) groups excluding carboxylic acids is 1. The first-order chi connectivity index (χ1) is 11.1. The first-order valence-corrected chi connectivity index (χ1v) is 8.95. The van der Waals surface area contributed by atoms with Gasteiger partial charge in [0.2, 0.25) is 5.91 Å². The summed E-state index contributed by atoms with van der Waals surface area (Å²) in [6.45, 7) is 0.490. The molecule has 6 heteroatoms. The number of rotatable bonds is 8. The number of halogens is 1. The van der Waals surface area contributed by atoms with Gasteiger partial charge in [-0.25, -0.2) is 0 Å². The highest BCUT2D eigenvalue weighted by atomic mass is 79.9. The number of amides is 1. The van der Waals surface area contributed by atoms with Gasteiger partial charge < -0.3 is 14.8 Å². The van der Waals surface area contributed by atoms with E-state index in [9.17, 15) is 4.79 Å². The molecule has 124 valence electrons.